The van der Waals surface area contributed by atoms with Gasteiger partial charge >= 0.3 is 35.8 Å². The van der Waals surface area contributed by atoms with Crippen molar-refractivity contribution in [3.63, 3.8) is 0 Å². The summed E-state index contributed by atoms with van der Waals surface area (Å²) < 4.78 is 31.0. The minimum absolute atomic E-state index is 0.0245. The summed E-state index contributed by atoms with van der Waals surface area (Å²) in [4.78, 5) is 71.5. The number of esters is 6. The molecule has 0 aliphatic rings. The number of hydrogen-bond acceptors (Lipinski definition) is 12. The number of hydrogen-bond donors (Lipinski definition) is 0. The zero-order valence-electron chi connectivity index (χ0n) is 26.4. The van der Waals surface area contributed by atoms with Crippen molar-refractivity contribution in [2.24, 2.45) is 0 Å². The maximum atomic E-state index is 12.7. The first-order valence-corrected chi connectivity index (χ1v) is 14.7. The van der Waals surface area contributed by atoms with E-state index < -0.39 is 41.9 Å². The zero-order chi connectivity index (χ0) is 35.1. The van der Waals surface area contributed by atoms with Crippen molar-refractivity contribution in [3.8, 4) is 17.2 Å². The van der Waals surface area contributed by atoms with Crippen LogP contribution in [0.3, 0.4) is 0 Å². The Morgan fingerprint density at radius 3 is 1.85 bits per heavy atom. The highest BCUT2D eigenvalue weighted by molar-refractivity contribution is 5.92. The molecule has 250 valence electrons. The SMILES string of the molecule is C=CC(=O)OCCOC(=O)CCCC(=O)Oc1ccc(C(=O)Oc2ccc(OC(=O)c3ccc(C(C)OC(=O)C=C)cc3)c(C)c2)cc1. The van der Waals surface area contributed by atoms with Gasteiger partial charge in [0.1, 0.15) is 36.6 Å². The molecule has 12 heteroatoms. The fourth-order valence-electron chi connectivity index (χ4n) is 3.95. The summed E-state index contributed by atoms with van der Waals surface area (Å²) in [5.41, 5.74) is 1.71. The van der Waals surface area contributed by atoms with Gasteiger partial charge in [-0.05, 0) is 86.0 Å². The highest BCUT2D eigenvalue weighted by Crippen LogP contribution is 2.26. The fraction of sp³-hybridized carbons (Fsp3) is 0.222. The fourth-order valence-corrected chi connectivity index (χ4v) is 3.95. The smallest absolute Gasteiger partial charge is 0.343 e. The van der Waals surface area contributed by atoms with Crippen LogP contribution in [-0.2, 0) is 33.4 Å². The molecule has 0 saturated carbocycles. The summed E-state index contributed by atoms with van der Waals surface area (Å²) in [7, 11) is 0. The van der Waals surface area contributed by atoms with Crippen LogP contribution in [0.1, 0.15) is 64.1 Å². The number of aryl methyl sites for hydroxylation is 1. The van der Waals surface area contributed by atoms with Crippen LogP contribution in [0.2, 0.25) is 0 Å². The molecule has 0 aromatic heterocycles. The number of rotatable bonds is 16. The van der Waals surface area contributed by atoms with Gasteiger partial charge in [0.2, 0.25) is 0 Å². The zero-order valence-corrected chi connectivity index (χ0v) is 26.4. The lowest BCUT2D eigenvalue weighted by molar-refractivity contribution is -0.150. The van der Waals surface area contributed by atoms with E-state index >= 15 is 0 Å². The lowest BCUT2D eigenvalue weighted by Crippen LogP contribution is -2.14. The molecule has 1 atom stereocenters. The normalized spacial score (nSPS) is 10.9. The van der Waals surface area contributed by atoms with E-state index in [0.717, 1.165) is 12.2 Å². The Balaban J connectivity index is 1.44. The Bertz CT molecular complexity index is 1660. The molecule has 3 rings (SSSR count). The van der Waals surface area contributed by atoms with Crippen molar-refractivity contribution in [1.82, 2.24) is 0 Å². The van der Waals surface area contributed by atoms with E-state index in [2.05, 4.69) is 13.2 Å². The molecule has 1 unspecified atom stereocenters. The maximum absolute atomic E-state index is 12.7. The second-order valence-corrected chi connectivity index (χ2v) is 10.1. The van der Waals surface area contributed by atoms with Gasteiger partial charge in [-0.3, -0.25) is 9.59 Å². The molecular weight excluding hydrogens is 624 g/mol. The second kappa shape index (κ2) is 18.2. The summed E-state index contributed by atoms with van der Waals surface area (Å²) in [5.74, 6) is -2.87. The third-order valence-electron chi connectivity index (χ3n) is 6.48. The van der Waals surface area contributed by atoms with Crippen LogP contribution < -0.4 is 14.2 Å². The molecule has 3 aromatic carbocycles. The highest BCUT2D eigenvalue weighted by atomic mass is 16.6. The Labute approximate surface area is 276 Å². The van der Waals surface area contributed by atoms with E-state index in [-0.39, 0.29) is 60.9 Å². The van der Waals surface area contributed by atoms with Gasteiger partial charge in [-0.15, -0.1) is 0 Å². The molecule has 0 heterocycles. The van der Waals surface area contributed by atoms with Gasteiger partial charge in [-0.25, -0.2) is 19.2 Å². The molecular formula is C36H34O12. The molecule has 48 heavy (non-hydrogen) atoms. The number of carbonyl (C=O) groups is 6. The van der Waals surface area contributed by atoms with Crippen LogP contribution in [0.5, 0.6) is 17.2 Å². The van der Waals surface area contributed by atoms with Crippen LogP contribution in [0, 0.1) is 6.92 Å². The number of carbonyl (C=O) groups excluding carboxylic acids is 6. The van der Waals surface area contributed by atoms with Crippen LogP contribution in [-0.4, -0.2) is 49.0 Å². The molecule has 0 spiro atoms. The molecule has 0 bridgehead atoms. The average Bonchev–Trinajstić information content (AvgIpc) is 3.07. The molecule has 3 aromatic rings. The molecule has 0 aliphatic carbocycles. The van der Waals surface area contributed by atoms with Crippen LogP contribution >= 0.6 is 0 Å². The van der Waals surface area contributed by atoms with Crippen LogP contribution in [0.25, 0.3) is 0 Å². The second-order valence-electron chi connectivity index (χ2n) is 10.1. The van der Waals surface area contributed by atoms with Crippen molar-refractivity contribution in [3.05, 3.63) is 114 Å². The van der Waals surface area contributed by atoms with E-state index in [0.29, 0.717) is 11.1 Å². The third kappa shape index (κ3) is 11.7. The minimum atomic E-state index is -0.664. The monoisotopic (exact) mass is 658 g/mol. The summed E-state index contributed by atoms with van der Waals surface area (Å²) in [6, 6.07) is 16.7. The predicted octanol–water partition coefficient (Wildman–Crippen LogP) is 5.57. The van der Waals surface area contributed by atoms with Crippen molar-refractivity contribution in [2.45, 2.75) is 39.2 Å². The molecule has 0 N–H and O–H groups in total. The van der Waals surface area contributed by atoms with Crippen molar-refractivity contribution >= 4 is 35.8 Å². The number of benzene rings is 3. The molecule has 0 aliphatic heterocycles. The Kier molecular flexibility index (Phi) is 13.8. The van der Waals surface area contributed by atoms with Crippen LogP contribution in [0.4, 0.5) is 0 Å². The lowest BCUT2D eigenvalue weighted by Gasteiger charge is -2.13. The third-order valence-corrected chi connectivity index (χ3v) is 6.48. The predicted molar refractivity (Wildman–Crippen MR) is 170 cm³/mol. The van der Waals surface area contributed by atoms with E-state index in [9.17, 15) is 28.8 Å². The molecule has 0 amide bonds. The topological polar surface area (TPSA) is 158 Å². The molecule has 0 saturated heterocycles. The minimum Gasteiger partial charge on any atom is -0.462 e. The Morgan fingerprint density at radius 2 is 1.23 bits per heavy atom. The molecule has 0 radical (unpaired) electrons. The van der Waals surface area contributed by atoms with Gasteiger partial charge in [0.25, 0.3) is 0 Å². The summed E-state index contributed by atoms with van der Waals surface area (Å²) >= 11 is 0. The lowest BCUT2D eigenvalue weighted by atomic mass is 10.1. The quantitative estimate of drug-likeness (QED) is 0.0620. The standard InChI is InChI=1S/C36H34O12/c1-5-31(37)43-20-21-44-33(39)8-7-9-34(40)46-28-16-14-27(15-17-28)35(41)47-29-18-19-30(23(3)22-29)48-36(42)26-12-10-25(11-13-26)24(4)45-32(38)6-2/h5-6,10-19,22,24H,1-2,7-9,20-21H2,3-4H3. The van der Waals surface area contributed by atoms with E-state index in [1.54, 1.807) is 44.2 Å². The molecule has 0 fully saturated rings. The highest BCUT2D eigenvalue weighted by Gasteiger charge is 2.16. The van der Waals surface area contributed by atoms with Gasteiger partial charge in [-0.1, -0.05) is 25.3 Å². The Hall–Kier alpha value is -6.04. The number of ether oxygens (including phenoxy) is 6. The van der Waals surface area contributed by atoms with E-state index in [1.807, 2.05) is 0 Å². The van der Waals surface area contributed by atoms with Gasteiger partial charge in [-0.2, -0.15) is 0 Å². The maximum Gasteiger partial charge on any atom is 0.343 e. The first-order valence-electron chi connectivity index (χ1n) is 14.7. The van der Waals surface area contributed by atoms with Crippen molar-refractivity contribution in [1.29, 1.82) is 0 Å². The summed E-state index contributed by atoms with van der Waals surface area (Å²) in [6.07, 6.45) is 1.67. The van der Waals surface area contributed by atoms with Crippen molar-refractivity contribution in [2.75, 3.05) is 13.2 Å². The van der Waals surface area contributed by atoms with Gasteiger partial charge in [0.15, 0.2) is 0 Å². The summed E-state index contributed by atoms with van der Waals surface area (Å²) in [6.45, 7) is 9.81. The molecule has 12 nitrogen and oxygen atoms in total. The van der Waals surface area contributed by atoms with E-state index in [1.165, 1.54) is 36.4 Å². The van der Waals surface area contributed by atoms with Gasteiger partial charge in [0.05, 0.1) is 11.1 Å². The summed E-state index contributed by atoms with van der Waals surface area (Å²) in [5, 5.41) is 0. The Morgan fingerprint density at radius 1 is 0.667 bits per heavy atom. The van der Waals surface area contributed by atoms with Gasteiger partial charge < -0.3 is 28.4 Å². The first kappa shape index (κ1) is 36.4. The largest absolute Gasteiger partial charge is 0.462 e. The van der Waals surface area contributed by atoms with Crippen molar-refractivity contribution < 1.29 is 57.2 Å². The van der Waals surface area contributed by atoms with E-state index in [4.69, 9.17) is 28.4 Å². The first-order chi connectivity index (χ1) is 23.0. The average molecular weight is 659 g/mol. The van der Waals surface area contributed by atoms with Crippen LogP contribution in [0.15, 0.2) is 92.0 Å². The van der Waals surface area contributed by atoms with Gasteiger partial charge in [0, 0.05) is 25.0 Å².